The molecule has 0 unspecified atom stereocenters. The molecule has 0 saturated carbocycles. The van der Waals surface area contributed by atoms with Crippen molar-refractivity contribution in [3.05, 3.63) is 114 Å². The smallest absolute Gasteiger partial charge is 0.227 e. The van der Waals surface area contributed by atoms with E-state index in [1.165, 1.54) is 12.1 Å². The highest BCUT2D eigenvalue weighted by Crippen LogP contribution is 2.47. The van der Waals surface area contributed by atoms with Crippen LogP contribution in [0.25, 0.3) is 11.1 Å². The average molecular weight is 512 g/mol. The minimum Gasteiger partial charge on any atom is -0.508 e. The maximum Gasteiger partial charge on any atom is 0.227 e. The maximum atomic E-state index is 13.3. The van der Waals surface area contributed by atoms with E-state index in [0.717, 1.165) is 16.8 Å². The van der Waals surface area contributed by atoms with Crippen molar-refractivity contribution >= 4 is 11.6 Å². The Morgan fingerprint density at radius 3 is 2.32 bits per heavy atom. The summed E-state index contributed by atoms with van der Waals surface area (Å²) >= 11 is 0. The van der Waals surface area contributed by atoms with Crippen LogP contribution in [0.15, 0.2) is 97.1 Å². The minimum absolute atomic E-state index is 0.0123. The van der Waals surface area contributed by atoms with Crippen molar-refractivity contribution in [3.8, 4) is 22.6 Å². The van der Waals surface area contributed by atoms with Crippen LogP contribution in [0.3, 0.4) is 0 Å². The highest BCUT2D eigenvalue weighted by Gasteiger charge is 2.42. The first kappa shape index (κ1) is 25.5. The third-order valence-corrected chi connectivity index (χ3v) is 7.30. The van der Waals surface area contributed by atoms with Crippen LogP contribution in [-0.4, -0.2) is 21.2 Å². The summed E-state index contributed by atoms with van der Waals surface area (Å²) in [7, 11) is 0. The lowest BCUT2D eigenvalue weighted by molar-refractivity contribution is -0.117. The number of para-hydroxylation sites is 1. The summed E-state index contributed by atoms with van der Waals surface area (Å²) in [6.07, 6.45) is 1.44. The van der Waals surface area contributed by atoms with Gasteiger partial charge in [-0.3, -0.25) is 4.79 Å². The fraction of sp³-hybridized carbons (Fsp3) is 0.219. The number of aliphatic hydroxyl groups excluding tert-OH is 1. The van der Waals surface area contributed by atoms with Crippen LogP contribution >= 0.6 is 0 Å². The first-order valence-electron chi connectivity index (χ1n) is 12.8. The van der Waals surface area contributed by atoms with Crippen LogP contribution in [0.1, 0.15) is 49.0 Å². The lowest BCUT2D eigenvalue weighted by atomic mass is 9.87. The zero-order chi connectivity index (χ0) is 26.6. The quantitative estimate of drug-likeness (QED) is 0.240. The molecular weight excluding hydrogens is 481 g/mol. The van der Waals surface area contributed by atoms with E-state index in [0.29, 0.717) is 36.8 Å². The number of hydrogen-bond acceptors (Lipinski definition) is 4. The molecule has 4 aromatic rings. The molecule has 0 bridgehead atoms. The Bertz CT molecular complexity index is 1410. The van der Waals surface area contributed by atoms with Gasteiger partial charge in [-0.2, -0.15) is 0 Å². The van der Waals surface area contributed by atoms with Crippen LogP contribution in [0.5, 0.6) is 11.5 Å². The van der Waals surface area contributed by atoms with Crippen LogP contribution in [0, 0.1) is 11.7 Å². The molecule has 0 aliphatic carbocycles. The Morgan fingerprint density at radius 2 is 1.61 bits per heavy atom. The van der Waals surface area contributed by atoms with E-state index < -0.39 is 6.10 Å². The molecule has 1 heterocycles. The van der Waals surface area contributed by atoms with Gasteiger partial charge in [-0.1, -0.05) is 61.0 Å². The number of carbonyl (C=O) groups excluding carboxylic acids is 1. The summed E-state index contributed by atoms with van der Waals surface area (Å²) in [5, 5.41) is 31.6. The number of amides is 1. The van der Waals surface area contributed by atoms with Gasteiger partial charge in [0.15, 0.2) is 0 Å². The molecule has 194 valence electrons. The molecule has 0 radical (unpaired) electrons. The molecule has 38 heavy (non-hydrogen) atoms. The van der Waals surface area contributed by atoms with E-state index in [1.54, 1.807) is 41.3 Å². The molecule has 1 aliphatic rings. The van der Waals surface area contributed by atoms with Gasteiger partial charge in [0.05, 0.1) is 12.1 Å². The van der Waals surface area contributed by atoms with Crippen molar-refractivity contribution in [2.75, 3.05) is 4.90 Å². The Kier molecular flexibility index (Phi) is 7.43. The Labute approximate surface area is 221 Å². The Hall–Kier alpha value is -4.16. The monoisotopic (exact) mass is 511 g/mol. The first-order chi connectivity index (χ1) is 18.4. The van der Waals surface area contributed by atoms with Gasteiger partial charge in [-0.05, 0) is 77.9 Å². The highest BCUT2D eigenvalue weighted by molar-refractivity contribution is 5.97. The fourth-order valence-corrected chi connectivity index (χ4v) is 5.43. The predicted octanol–water partition coefficient (Wildman–Crippen LogP) is 6.90. The number of benzene rings is 4. The van der Waals surface area contributed by atoms with E-state index in [4.69, 9.17) is 0 Å². The van der Waals surface area contributed by atoms with Gasteiger partial charge in [-0.25, -0.2) is 4.39 Å². The number of aromatic hydroxyl groups is 2. The predicted molar refractivity (Wildman–Crippen MR) is 145 cm³/mol. The Balaban J connectivity index is 1.41. The molecule has 1 aliphatic heterocycles. The third-order valence-electron chi connectivity index (χ3n) is 7.30. The minimum atomic E-state index is -0.716. The van der Waals surface area contributed by atoms with Crippen molar-refractivity contribution in [3.63, 3.8) is 0 Å². The molecule has 6 heteroatoms. The normalized spacial score (nSPS) is 18.1. The molecule has 3 N–H and O–H groups in total. The lowest BCUT2D eigenvalue weighted by Gasteiger charge is -2.30. The standard InChI is InChI=1S/C32H30FNO4/c33-25-15-12-21(13-16-25)29(36)11-5-7-24-20-31(38)34(26-8-2-1-3-9-26)32(24)28-17-14-23(19-30(28)37)22-6-4-10-27(35)18-22/h1-4,6,8-10,12-19,24,29,32,35-37H,5,7,11,20H2/t24-,29-,32-/m0/s1. The van der Waals surface area contributed by atoms with Crippen molar-refractivity contribution in [2.24, 2.45) is 5.92 Å². The maximum absolute atomic E-state index is 13.3. The van der Waals surface area contributed by atoms with E-state index in [-0.39, 0.29) is 35.2 Å². The zero-order valence-corrected chi connectivity index (χ0v) is 20.9. The zero-order valence-electron chi connectivity index (χ0n) is 20.9. The topological polar surface area (TPSA) is 81.0 Å². The van der Waals surface area contributed by atoms with Gasteiger partial charge in [0.2, 0.25) is 5.91 Å². The molecule has 0 aromatic heterocycles. The number of hydrogen-bond donors (Lipinski definition) is 3. The molecule has 0 spiro atoms. The van der Waals surface area contributed by atoms with Gasteiger partial charge < -0.3 is 20.2 Å². The second-order valence-corrected chi connectivity index (χ2v) is 9.83. The third kappa shape index (κ3) is 5.41. The van der Waals surface area contributed by atoms with Gasteiger partial charge in [-0.15, -0.1) is 0 Å². The number of carbonyl (C=O) groups is 1. The van der Waals surface area contributed by atoms with Crippen LogP contribution in [-0.2, 0) is 4.79 Å². The SMILES string of the molecule is O=C1C[C@H](CCC[C@H](O)c2ccc(F)cc2)[C@@H](c2ccc(-c3cccc(O)c3)cc2O)N1c1ccccc1. The molecule has 1 amide bonds. The van der Waals surface area contributed by atoms with Gasteiger partial charge in [0.25, 0.3) is 0 Å². The molecule has 5 rings (SSSR count). The van der Waals surface area contributed by atoms with E-state index in [9.17, 15) is 24.5 Å². The van der Waals surface area contributed by atoms with Crippen molar-refractivity contribution in [1.82, 2.24) is 0 Å². The van der Waals surface area contributed by atoms with Crippen molar-refractivity contribution in [2.45, 2.75) is 37.8 Å². The summed E-state index contributed by atoms with van der Waals surface area (Å²) in [4.78, 5) is 15.1. The van der Waals surface area contributed by atoms with Crippen LogP contribution in [0.2, 0.25) is 0 Å². The first-order valence-corrected chi connectivity index (χ1v) is 12.8. The molecule has 1 fully saturated rings. The van der Waals surface area contributed by atoms with Gasteiger partial charge in [0.1, 0.15) is 17.3 Å². The lowest BCUT2D eigenvalue weighted by Crippen LogP contribution is -2.28. The number of phenolic OH excluding ortho intramolecular Hbond substituents is 2. The largest absolute Gasteiger partial charge is 0.508 e. The van der Waals surface area contributed by atoms with Crippen molar-refractivity contribution in [1.29, 1.82) is 0 Å². The van der Waals surface area contributed by atoms with Crippen molar-refractivity contribution < 1.29 is 24.5 Å². The van der Waals surface area contributed by atoms with Gasteiger partial charge in [0, 0.05) is 17.7 Å². The number of anilines is 1. The number of halogens is 1. The summed E-state index contributed by atoms with van der Waals surface area (Å²) in [6.45, 7) is 0. The second kappa shape index (κ2) is 11.1. The summed E-state index contributed by atoms with van der Waals surface area (Å²) in [5.74, 6) is -0.194. The number of nitrogens with zero attached hydrogens (tertiary/aromatic N) is 1. The average Bonchev–Trinajstić information content (AvgIpc) is 3.24. The number of rotatable bonds is 8. The summed E-state index contributed by atoms with van der Waals surface area (Å²) in [5.41, 5.74) is 3.63. The summed E-state index contributed by atoms with van der Waals surface area (Å²) < 4.78 is 13.2. The Morgan fingerprint density at radius 1 is 0.868 bits per heavy atom. The fourth-order valence-electron chi connectivity index (χ4n) is 5.43. The second-order valence-electron chi connectivity index (χ2n) is 9.83. The van der Waals surface area contributed by atoms with Crippen LogP contribution < -0.4 is 4.90 Å². The molecule has 4 aromatic carbocycles. The number of phenols is 2. The van der Waals surface area contributed by atoms with Gasteiger partial charge >= 0.3 is 0 Å². The number of aliphatic hydroxyl groups is 1. The molecule has 5 nitrogen and oxygen atoms in total. The molecule has 3 atom stereocenters. The molecule has 1 saturated heterocycles. The highest BCUT2D eigenvalue weighted by atomic mass is 19.1. The van der Waals surface area contributed by atoms with E-state index in [2.05, 4.69) is 0 Å². The van der Waals surface area contributed by atoms with E-state index >= 15 is 0 Å². The van der Waals surface area contributed by atoms with E-state index in [1.807, 2.05) is 48.5 Å². The summed E-state index contributed by atoms with van der Waals surface area (Å²) in [6, 6.07) is 27.2. The molecular formula is C32H30FNO4. The van der Waals surface area contributed by atoms with Crippen LogP contribution in [0.4, 0.5) is 10.1 Å².